The first kappa shape index (κ1) is 23.3. The largest absolute Gasteiger partial charge is 0.494 e. The zero-order chi connectivity index (χ0) is 21.6. The lowest BCUT2D eigenvalue weighted by atomic mass is 10.2. The second-order valence-electron chi connectivity index (χ2n) is 6.18. The van der Waals surface area contributed by atoms with Crippen LogP contribution in [0.2, 0.25) is 0 Å². The number of rotatable bonds is 13. The number of carbonyl (C=O) groups is 2. The maximum absolute atomic E-state index is 11.5. The minimum atomic E-state index is -0.296. The third-order valence-corrected chi connectivity index (χ3v) is 4.56. The summed E-state index contributed by atoms with van der Waals surface area (Å²) in [5.74, 6) is 0.271. The summed E-state index contributed by atoms with van der Waals surface area (Å²) in [5, 5.41) is 6.57. The highest BCUT2D eigenvalue weighted by Gasteiger charge is 2.08. The standard InChI is InChI=1S/C21H27N3O5S/c1-3-27-19(25)10-5-6-11-29-18-9-7-8-16(12-18)14-22-24-21-23-17(15-30-21)13-20(26)28-4-2/h7-9,12,14-15H,3-6,10-11,13H2,1-2H3,(H,23,24). The van der Waals surface area contributed by atoms with E-state index in [4.69, 9.17) is 14.2 Å². The zero-order valence-electron chi connectivity index (χ0n) is 17.3. The summed E-state index contributed by atoms with van der Waals surface area (Å²) in [6.45, 7) is 4.87. The number of aromatic nitrogens is 1. The monoisotopic (exact) mass is 433 g/mol. The highest BCUT2D eigenvalue weighted by Crippen LogP contribution is 2.17. The van der Waals surface area contributed by atoms with Crippen molar-refractivity contribution in [3.63, 3.8) is 0 Å². The second kappa shape index (κ2) is 13.3. The van der Waals surface area contributed by atoms with E-state index in [1.807, 2.05) is 24.3 Å². The molecule has 0 saturated carbocycles. The molecule has 30 heavy (non-hydrogen) atoms. The van der Waals surface area contributed by atoms with Gasteiger partial charge in [0.15, 0.2) is 0 Å². The molecule has 1 aromatic heterocycles. The van der Waals surface area contributed by atoms with Crippen LogP contribution < -0.4 is 10.2 Å². The Morgan fingerprint density at radius 1 is 1.17 bits per heavy atom. The van der Waals surface area contributed by atoms with Gasteiger partial charge in [-0.1, -0.05) is 12.1 Å². The van der Waals surface area contributed by atoms with Crippen molar-refractivity contribution in [2.24, 2.45) is 5.10 Å². The Labute approximate surface area is 180 Å². The van der Waals surface area contributed by atoms with E-state index in [1.165, 1.54) is 11.3 Å². The van der Waals surface area contributed by atoms with Gasteiger partial charge in [-0.2, -0.15) is 5.10 Å². The van der Waals surface area contributed by atoms with Gasteiger partial charge in [0.05, 0.1) is 38.1 Å². The fourth-order valence-electron chi connectivity index (χ4n) is 2.44. The molecule has 0 radical (unpaired) electrons. The lowest BCUT2D eigenvalue weighted by Gasteiger charge is -2.06. The molecule has 0 fully saturated rings. The van der Waals surface area contributed by atoms with Crippen LogP contribution >= 0.6 is 11.3 Å². The van der Waals surface area contributed by atoms with Crippen molar-refractivity contribution in [1.82, 2.24) is 4.98 Å². The van der Waals surface area contributed by atoms with Crippen molar-refractivity contribution in [3.05, 3.63) is 40.9 Å². The van der Waals surface area contributed by atoms with E-state index in [1.54, 1.807) is 25.4 Å². The lowest BCUT2D eigenvalue weighted by Crippen LogP contribution is -2.07. The summed E-state index contributed by atoms with van der Waals surface area (Å²) in [4.78, 5) is 27.1. The van der Waals surface area contributed by atoms with Crippen LogP contribution in [0.4, 0.5) is 5.13 Å². The van der Waals surface area contributed by atoms with Crippen LogP contribution in [0.5, 0.6) is 5.75 Å². The van der Waals surface area contributed by atoms with Crippen molar-refractivity contribution in [2.75, 3.05) is 25.2 Å². The quantitative estimate of drug-likeness (QED) is 0.222. The van der Waals surface area contributed by atoms with Crippen LogP contribution in [0.3, 0.4) is 0 Å². The Bertz CT molecular complexity index is 838. The van der Waals surface area contributed by atoms with Crippen molar-refractivity contribution in [3.8, 4) is 5.75 Å². The molecule has 0 aliphatic rings. The summed E-state index contributed by atoms with van der Waals surface area (Å²) in [6.07, 6.45) is 3.73. The van der Waals surface area contributed by atoms with E-state index >= 15 is 0 Å². The van der Waals surface area contributed by atoms with Crippen LogP contribution in [-0.2, 0) is 25.5 Å². The molecule has 0 aliphatic heterocycles. The second-order valence-corrected chi connectivity index (χ2v) is 7.04. The number of esters is 2. The van der Waals surface area contributed by atoms with Crippen LogP contribution in [0, 0.1) is 0 Å². The van der Waals surface area contributed by atoms with Crippen LogP contribution in [0.25, 0.3) is 0 Å². The third-order valence-electron chi connectivity index (χ3n) is 3.76. The molecule has 0 unspecified atom stereocenters. The number of nitrogens with zero attached hydrogens (tertiary/aromatic N) is 2. The number of hydrogen-bond donors (Lipinski definition) is 1. The van der Waals surface area contributed by atoms with E-state index < -0.39 is 0 Å². The summed E-state index contributed by atoms with van der Waals surface area (Å²) < 4.78 is 15.5. The smallest absolute Gasteiger partial charge is 0.311 e. The number of hydrogen-bond acceptors (Lipinski definition) is 9. The fraction of sp³-hybridized carbons (Fsp3) is 0.429. The SMILES string of the molecule is CCOC(=O)CCCCOc1cccc(C=NNc2nc(CC(=O)OCC)cs2)c1. The van der Waals surface area contributed by atoms with E-state index in [-0.39, 0.29) is 18.4 Å². The van der Waals surface area contributed by atoms with Crippen molar-refractivity contribution < 1.29 is 23.8 Å². The Hall–Kier alpha value is -2.94. The first-order valence-electron chi connectivity index (χ1n) is 9.88. The first-order chi connectivity index (χ1) is 14.6. The Morgan fingerprint density at radius 3 is 2.77 bits per heavy atom. The number of ether oxygens (including phenoxy) is 3. The van der Waals surface area contributed by atoms with Gasteiger partial charge in [0.2, 0.25) is 5.13 Å². The van der Waals surface area contributed by atoms with Gasteiger partial charge in [-0.15, -0.1) is 11.3 Å². The van der Waals surface area contributed by atoms with Crippen LogP contribution in [0.15, 0.2) is 34.7 Å². The predicted molar refractivity (Wildman–Crippen MR) is 116 cm³/mol. The molecule has 0 amide bonds. The van der Waals surface area contributed by atoms with Crippen LogP contribution in [0.1, 0.15) is 44.4 Å². The molecule has 0 spiro atoms. The summed E-state index contributed by atoms with van der Waals surface area (Å²) in [7, 11) is 0. The number of hydrazone groups is 1. The third kappa shape index (κ3) is 9.04. The fourth-order valence-corrected chi connectivity index (χ4v) is 3.10. The number of nitrogens with one attached hydrogen (secondary N) is 1. The van der Waals surface area contributed by atoms with E-state index in [0.717, 1.165) is 24.2 Å². The average molecular weight is 434 g/mol. The normalized spacial score (nSPS) is 10.7. The predicted octanol–water partition coefficient (Wildman–Crippen LogP) is 3.81. The Kier molecular flexibility index (Phi) is 10.4. The number of unbranched alkanes of at least 4 members (excludes halogenated alkanes) is 1. The van der Waals surface area contributed by atoms with Gasteiger partial charge in [0.1, 0.15) is 5.75 Å². The van der Waals surface area contributed by atoms with Gasteiger partial charge in [0.25, 0.3) is 0 Å². The molecule has 2 aromatic rings. The maximum Gasteiger partial charge on any atom is 0.311 e. The first-order valence-corrected chi connectivity index (χ1v) is 10.8. The summed E-state index contributed by atoms with van der Waals surface area (Å²) >= 11 is 1.37. The number of thiazole rings is 1. The molecule has 162 valence electrons. The van der Waals surface area contributed by atoms with Gasteiger partial charge in [0, 0.05) is 11.8 Å². The molecule has 1 aromatic carbocycles. The molecule has 2 rings (SSSR count). The Balaban J connectivity index is 1.74. The molecular formula is C21H27N3O5S. The molecule has 0 aliphatic carbocycles. The minimum Gasteiger partial charge on any atom is -0.494 e. The maximum atomic E-state index is 11.5. The molecule has 9 heteroatoms. The van der Waals surface area contributed by atoms with Crippen molar-refractivity contribution >= 4 is 34.6 Å². The van der Waals surface area contributed by atoms with Gasteiger partial charge in [-0.05, 0) is 44.4 Å². The summed E-state index contributed by atoms with van der Waals surface area (Å²) in [6, 6.07) is 7.55. The molecule has 0 bridgehead atoms. The Morgan fingerprint density at radius 2 is 1.97 bits per heavy atom. The molecular weight excluding hydrogens is 406 g/mol. The lowest BCUT2D eigenvalue weighted by molar-refractivity contribution is -0.143. The summed E-state index contributed by atoms with van der Waals surface area (Å²) in [5.41, 5.74) is 4.38. The zero-order valence-corrected chi connectivity index (χ0v) is 18.1. The van der Waals surface area contributed by atoms with E-state index in [2.05, 4.69) is 15.5 Å². The molecule has 1 heterocycles. The molecule has 0 atom stereocenters. The van der Waals surface area contributed by atoms with Gasteiger partial charge in [-0.3, -0.25) is 15.0 Å². The molecule has 1 N–H and O–H groups in total. The number of benzene rings is 1. The van der Waals surface area contributed by atoms with Crippen molar-refractivity contribution in [1.29, 1.82) is 0 Å². The van der Waals surface area contributed by atoms with Crippen LogP contribution in [-0.4, -0.2) is 43.0 Å². The molecule has 0 saturated heterocycles. The van der Waals surface area contributed by atoms with Crippen molar-refractivity contribution in [2.45, 2.75) is 39.5 Å². The van der Waals surface area contributed by atoms with Gasteiger partial charge < -0.3 is 14.2 Å². The van der Waals surface area contributed by atoms with E-state index in [9.17, 15) is 9.59 Å². The highest BCUT2D eigenvalue weighted by atomic mass is 32.1. The topological polar surface area (TPSA) is 99.1 Å². The average Bonchev–Trinajstić information content (AvgIpc) is 3.15. The minimum absolute atomic E-state index is 0.148. The van der Waals surface area contributed by atoms with Gasteiger partial charge >= 0.3 is 11.9 Å². The highest BCUT2D eigenvalue weighted by molar-refractivity contribution is 7.13. The molecule has 8 nitrogen and oxygen atoms in total. The van der Waals surface area contributed by atoms with Gasteiger partial charge in [-0.25, -0.2) is 4.98 Å². The van der Waals surface area contributed by atoms with E-state index in [0.29, 0.717) is 37.1 Å². The number of anilines is 1. The number of carbonyl (C=O) groups excluding carboxylic acids is 2.